The predicted octanol–water partition coefficient (Wildman–Crippen LogP) is 2.36. The molecule has 0 aliphatic rings. The van der Waals surface area contributed by atoms with Gasteiger partial charge in [-0.2, -0.15) is 0 Å². The molecule has 2 heterocycles. The fraction of sp³-hybridized carbons (Fsp3) is 0.312. The summed E-state index contributed by atoms with van der Waals surface area (Å²) in [6.45, 7) is 5.41. The smallest absolute Gasteiger partial charge is 0.279 e. The molecular weight excluding hydrogens is 264 g/mol. The van der Waals surface area contributed by atoms with E-state index in [4.69, 9.17) is 0 Å². The van der Waals surface area contributed by atoms with E-state index in [2.05, 4.69) is 35.1 Å². The fourth-order valence-electron chi connectivity index (χ4n) is 2.52. The van der Waals surface area contributed by atoms with Gasteiger partial charge in [-0.3, -0.25) is 9.36 Å². The van der Waals surface area contributed by atoms with Crippen LogP contribution in [-0.4, -0.2) is 19.1 Å². The fourth-order valence-corrected chi connectivity index (χ4v) is 2.52. The number of aromatic nitrogens is 4. The van der Waals surface area contributed by atoms with Crippen molar-refractivity contribution in [3.05, 3.63) is 58.4 Å². The van der Waals surface area contributed by atoms with Crippen LogP contribution in [0.15, 0.2) is 41.7 Å². The molecular formula is C16H18N4O. The maximum Gasteiger partial charge on any atom is 0.279 e. The minimum Gasteiger partial charge on any atom is -0.320 e. The molecule has 5 nitrogen and oxygen atoms in total. The summed E-state index contributed by atoms with van der Waals surface area (Å²) in [5.41, 5.74) is 3.43. The molecule has 0 aliphatic heterocycles. The van der Waals surface area contributed by atoms with Crippen LogP contribution >= 0.6 is 0 Å². The van der Waals surface area contributed by atoms with E-state index in [0.29, 0.717) is 24.3 Å². The number of benzene rings is 1. The lowest BCUT2D eigenvalue weighted by Crippen LogP contribution is -2.22. The first-order valence-electron chi connectivity index (χ1n) is 7.15. The molecule has 0 unspecified atom stereocenters. The van der Waals surface area contributed by atoms with E-state index in [-0.39, 0.29) is 5.56 Å². The van der Waals surface area contributed by atoms with Crippen molar-refractivity contribution in [2.75, 3.05) is 0 Å². The number of imidazole rings is 1. The molecule has 5 heteroatoms. The van der Waals surface area contributed by atoms with Crippen LogP contribution in [0.2, 0.25) is 0 Å². The Morgan fingerprint density at radius 3 is 2.62 bits per heavy atom. The summed E-state index contributed by atoms with van der Waals surface area (Å²) in [7, 11) is 0. The number of rotatable bonds is 4. The molecule has 3 rings (SSSR count). The Balaban J connectivity index is 2.07. The number of hydrogen-bond donors (Lipinski definition) is 0. The Morgan fingerprint density at radius 2 is 1.90 bits per heavy atom. The third kappa shape index (κ3) is 2.59. The molecule has 0 amide bonds. The van der Waals surface area contributed by atoms with Gasteiger partial charge in [0.2, 0.25) is 0 Å². The Bertz CT molecular complexity index is 832. The van der Waals surface area contributed by atoms with E-state index < -0.39 is 0 Å². The van der Waals surface area contributed by atoms with Crippen molar-refractivity contribution in [3.8, 4) is 0 Å². The van der Waals surface area contributed by atoms with Crippen LogP contribution in [0.3, 0.4) is 0 Å². The molecule has 0 bridgehead atoms. The minimum absolute atomic E-state index is 0.0213. The second-order valence-electron chi connectivity index (χ2n) is 5.28. The van der Waals surface area contributed by atoms with E-state index in [1.807, 2.05) is 17.6 Å². The largest absolute Gasteiger partial charge is 0.320 e. The van der Waals surface area contributed by atoms with Gasteiger partial charge in [-0.25, -0.2) is 9.97 Å². The quantitative estimate of drug-likeness (QED) is 0.738. The highest BCUT2D eigenvalue weighted by Gasteiger charge is 2.10. The molecule has 108 valence electrons. The molecule has 0 radical (unpaired) electrons. The first-order valence-corrected chi connectivity index (χ1v) is 7.15. The highest BCUT2D eigenvalue weighted by molar-refractivity contribution is 5.69. The zero-order valence-corrected chi connectivity index (χ0v) is 12.3. The van der Waals surface area contributed by atoms with Gasteiger partial charge in [0, 0.05) is 13.1 Å². The zero-order chi connectivity index (χ0) is 14.8. The molecule has 0 atom stereocenters. The van der Waals surface area contributed by atoms with Crippen LogP contribution in [0.25, 0.3) is 11.2 Å². The van der Waals surface area contributed by atoms with Crippen molar-refractivity contribution in [1.82, 2.24) is 19.1 Å². The van der Waals surface area contributed by atoms with Gasteiger partial charge in [0.15, 0.2) is 11.2 Å². The molecule has 0 N–H and O–H groups in total. The summed E-state index contributed by atoms with van der Waals surface area (Å²) < 4.78 is 3.53. The van der Waals surface area contributed by atoms with Crippen LogP contribution < -0.4 is 5.56 Å². The SMILES string of the molecule is CCCn1cnc2ncn(Cc3cccc(C)c3)c2c1=O. The molecule has 0 aliphatic carbocycles. The van der Waals surface area contributed by atoms with E-state index >= 15 is 0 Å². The van der Waals surface area contributed by atoms with Gasteiger partial charge in [0.25, 0.3) is 5.56 Å². The van der Waals surface area contributed by atoms with Crippen molar-refractivity contribution in [2.45, 2.75) is 33.4 Å². The van der Waals surface area contributed by atoms with E-state index in [0.717, 1.165) is 12.0 Å². The molecule has 0 spiro atoms. The molecule has 0 saturated heterocycles. The average Bonchev–Trinajstić information content (AvgIpc) is 2.86. The Kier molecular flexibility index (Phi) is 3.56. The Labute approximate surface area is 122 Å². The Morgan fingerprint density at radius 1 is 1.14 bits per heavy atom. The van der Waals surface area contributed by atoms with Crippen LogP contribution in [0.5, 0.6) is 0 Å². The molecule has 0 fully saturated rings. The number of hydrogen-bond acceptors (Lipinski definition) is 3. The molecule has 0 saturated carbocycles. The van der Waals surface area contributed by atoms with Crippen molar-refractivity contribution in [1.29, 1.82) is 0 Å². The maximum atomic E-state index is 12.5. The summed E-state index contributed by atoms with van der Waals surface area (Å²) >= 11 is 0. The molecule has 3 aromatic rings. The van der Waals surface area contributed by atoms with Crippen LogP contribution in [0, 0.1) is 6.92 Å². The summed E-state index contributed by atoms with van der Waals surface area (Å²) in [5.74, 6) is 0. The summed E-state index contributed by atoms with van der Waals surface area (Å²) in [6.07, 6.45) is 4.18. The third-order valence-corrected chi connectivity index (χ3v) is 3.50. The zero-order valence-electron chi connectivity index (χ0n) is 12.3. The number of aryl methyl sites for hydroxylation is 2. The second kappa shape index (κ2) is 5.52. The first kappa shape index (κ1) is 13.5. The normalized spacial score (nSPS) is 11.1. The lowest BCUT2D eigenvalue weighted by atomic mass is 10.1. The number of fused-ring (bicyclic) bond motifs is 1. The lowest BCUT2D eigenvalue weighted by Gasteiger charge is -2.07. The monoisotopic (exact) mass is 282 g/mol. The van der Waals surface area contributed by atoms with Gasteiger partial charge in [-0.15, -0.1) is 0 Å². The van der Waals surface area contributed by atoms with Crippen molar-refractivity contribution >= 4 is 11.2 Å². The van der Waals surface area contributed by atoms with Crippen molar-refractivity contribution in [2.24, 2.45) is 0 Å². The molecule has 2 aromatic heterocycles. The highest BCUT2D eigenvalue weighted by atomic mass is 16.1. The second-order valence-corrected chi connectivity index (χ2v) is 5.28. The number of nitrogens with zero attached hydrogens (tertiary/aromatic N) is 4. The van der Waals surface area contributed by atoms with Gasteiger partial charge in [0.05, 0.1) is 6.33 Å². The van der Waals surface area contributed by atoms with Crippen molar-refractivity contribution in [3.63, 3.8) is 0 Å². The summed E-state index contributed by atoms with van der Waals surface area (Å²) in [4.78, 5) is 21.0. The van der Waals surface area contributed by atoms with Crippen LogP contribution in [-0.2, 0) is 13.1 Å². The van der Waals surface area contributed by atoms with Gasteiger partial charge in [-0.1, -0.05) is 36.8 Å². The van der Waals surface area contributed by atoms with Crippen LogP contribution in [0.4, 0.5) is 0 Å². The minimum atomic E-state index is -0.0213. The standard InChI is InChI=1S/C16H18N4O/c1-3-7-19-10-17-15-14(16(19)21)20(11-18-15)9-13-6-4-5-12(2)8-13/h4-6,8,10-11H,3,7,9H2,1-2H3. The molecule has 1 aromatic carbocycles. The molecule has 21 heavy (non-hydrogen) atoms. The Hall–Kier alpha value is -2.43. The van der Waals surface area contributed by atoms with E-state index in [1.54, 1.807) is 17.2 Å². The first-order chi connectivity index (χ1) is 10.2. The van der Waals surface area contributed by atoms with E-state index in [9.17, 15) is 4.79 Å². The predicted molar refractivity (Wildman–Crippen MR) is 82.4 cm³/mol. The summed E-state index contributed by atoms with van der Waals surface area (Å²) in [6, 6.07) is 8.26. The maximum absolute atomic E-state index is 12.5. The summed E-state index contributed by atoms with van der Waals surface area (Å²) in [5, 5.41) is 0. The van der Waals surface area contributed by atoms with Crippen LogP contribution in [0.1, 0.15) is 24.5 Å². The topological polar surface area (TPSA) is 52.7 Å². The van der Waals surface area contributed by atoms with Gasteiger partial charge >= 0.3 is 0 Å². The van der Waals surface area contributed by atoms with Crippen molar-refractivity contribution < 1.29 is 0 Å². The lowest BCUT2D eigenvalue weighted by molar-refractivity contribution is 0.643. The highest BCUT2D eigenvalue weighted by Crippen LogP contribution is 2.10. The van der Waals surface area contributed by atoms with Gasteiger partial charge in [0.1, 0.15) is 6.33 Å². The average molecular weight is 282 g/mol. The van der Waals surface area contributed by atoms with Gasteiger partial charge < -0.3 is 4.57 Å². The third-order valence-electron chi connectivity index (χ3n) is 3.50. The van der Waals surface area contributed by atoms with Gasteiger partial charge in [-0.05, 0) is 18.9 Å². The van der Waals surface area contributed by atoms with E-state index in [1.165, 1.54) is 5.56 Å².